The summed E-state index contributed by atoms with van der Waals surface area (Å²) >= 11 is 0. The van der Waals surface area contributed by atoms with E-state index >= 15 is 0 Å². The zero-order chi connectivity index (χ0) is 17.6. The van der Waals surface area contributed by atoms with Crippen LogP contribution in [0.4, 0.5) is 5.69 Å². The first-order chi connectivity index (χ1) is 12.2. The molecular weight excluding hydrogens is 322 g/mol. The maximum absolute atomic E-state index is 12.6. The van der Waals surface area contributed by atoms with Crippen molar-refractivity contribution in [2.75, 3.05) is 51.4 Å². The fourth-order valence-corrected chi connectivity index (χ4v) is 3.20. The first-order valence-electron chi connectivity index (χ1n) is 8.73. The standard InChI is InChI=1S/C18H25N3O4/c1-24-15-5-3-14(4-6-15)21-17(22)13-16(18(21)23)19-7-2-8-20-9-11-25-12-10-20/h3-6,16,19H,2,7-13H2,1H3. The molecule has 0 aliphatic carbocycles. The molecule has 136 valence electrons. The van der Waals surface area contributed by atoms with Gasteiger partial charge in [-0.25, -0.2) is 4.90 Å². The number of hydrogen-bond donors (Lipinski definition) is 1. The van der Waals surface area contributed by atoms with Gasteiger partial charge in [0.05, 0.1) is 38.5 Å². The van der Waals surface area contributed by atoms with Crippen LogP contribution in [-0.2, 0) is 14.3 Å². The van der Waals surface area contributed by atoms with Crippen LogP contribution in [-0.4, -0.2) is 69.3 Å². The number of rotatable bonds is 7. The van der Waals surface area contributed by atoms with Crippen LogP contribution in [0.1, 0.15) is 12.8 Å². The average molecular weight is 347 g/mol. The first kappa shape index (κ1) is 17.8. The average Bonchev–Trinajstić information content (AvgIpc) is 2.93. The van der Waals surface area contributed by atoms with E-state index in [2.05, 4.69) is 10.2 Å². The van der Waals surface area contributed by atoms with E-state index in [0.717, 1.165) is 45.8 Å². The molecule has 1 aromatic rings. The van der Waals surface area contributed by atoms with Crippen LogP contribution in [0.25, 0.3) is 0 Å². The molecule has 2 heterocycles. The number of hydrogen-bond acceptors (Lipinski definition) is 6. The lowest BCUT2D eigenvalue weighted by molar-refractivity contribution is -0.121. The zero-order valence-electron chi connectivity index (χ0n) is 14.6. The van der Waals surface area contributed by atoms with E-state index in [4.69, 9.17) is 9.47 Å². The van der Waals surface area contributed by atoms with E-state index in [-0.39, 0.29) is 18.2 Å². The van der Waals surface area contributed by atoms with E-state index in [0.29, 0.717) is 11.4 Å². The van der Waals surface area contributed by atoms with Crippen molar-refractivity contribution in [1.82, 2.24) is 10.2 Å². The second-order valence-corrected chi connectivity index (χ2v) is 6.28. The highest BCUT2D eigenvalue weighted by Crippen LogP contribution is 2.25. The molecule has 0 radical (unpaired) electrons. The summed E-state index contributed by atoms with van der Waals surface area (Å²) in [6.07, 6.45) is 1.16. The van der Waals surface area contributed by atoms with Gasteiger partial charge in [0.15, 0.2) is 0 Å². The number of benzene rings is 1. The SMILES string of the molecule is COc1ccc(N2C(=O)CC(NCCCN3CCOCC3)C2=O)cc1. The van der Waals surface area contributed by atoms with Gasteiger partial charge < -0.3 is 14.8 Å². The molecule has 0 bridgehead atoms. The number of anilines is 1. The molecule has 1 aromatic carbocycles. The summed E-state index contributed by atoms with van der Waals surface area (Å²) in [4.78, 5) is 28.4. The van der Waals surface area contributed by atoms with Crippen LogP contribution in [0.3, 0.4) is 0 Å². The quantitative estimate of drug-likeness (QED) is 0.577. The van der Waals surface area contributed by atoms with Crippen molar-refractivity contribution in [2.45, 2.75) is 18.9 Å². The molecule has 0 spiro atoms. The van der Waals surface area contributed by atoms with Crippen LogP contribution < -0.4 is 15.0 Å². The highest BCUT2D eigenvalue weighted by atomic mass is 16.5. The van der Waals surface area contributed by atoms with Crippen LogP contribution in [0.5, 0.6) is 5.75 Å². The number of amides is 2. The van der Waals surface area contributed by atoms with Gasteiger partial charge in [-0.3, -0.25) is 14.5 Å². The largest absolute Gasteiger partial charge is 0.497 e. The van der Waals surface area contributed by atoms with Gasteiger partial charge in [-0.1, -0.05) is 0 Å². The molecule has 2 aliphatic rings. The van der Waals surface area contributed by atoms with E-state index in [1.54, 1.807) is 31.4 Å². The molecule has 2 aliphatic heterocycles. The molecule has 7 nitrogen and oxygen atoms in total. The van der Waals surface area contributed by atoms with Crippen molar-refractivity contribution in [1.29, 1.82) is 0 Å². The highest BCUT2D eigenvalue weighted by Gasteiger charge is 2.39. The molecule has 7 heteroatoms. The molecule has 2 fully saturated rings. The maximum Gasteiger partial charge on any atom is 0.251 e. The molecule has 1 atom stereocenters. The molecule has 3 rings (SSSR count). The molecule has 2 amide bonds. The normalized spacial score (nSPS) is 21.8. The van der Waals surface area contributed by atoms with Gasteiger partial charge in [-0.05, 0) is 43.8 Å². The lowest BCUT2D eigenvalue weighted by Gasteiger charge is -2.26. The van der Waals surface area contributed by atoms with Crippen molar-refractivity contribution < 1.29 is 19.1 Å². The Hall–Kier alpha value is -1.96. The van der Waals surface area contributed by atoms with Crippen LogP contribution in [0.15, 0.2) is 24.3 Å². The van der Waals surface area contributed by atoms with Crippen molar-refractivity contribution in [3.63, 3.8) is 0 Å². The van der Waals surface area contributed by atoms with Gasteiger partial charge in [-0.15, -0.1) is 0 Å². The van der Waals surface area contributed by atoms with Gasteiger partial charge in [0.2, 0.25) is 5.91 Å². The second-order valence-electron chi connectivity index (χ2n) is 6.28. The van der Waals surface area contributed by atoms with Gasteiger partial charge in [0.25, 0.3) is 5.91 Å². The molecular formula is C18H25N3O4. The molecule has 2 saturated heterocycles. The first-order valence-corrected chi connectivity index (χ1v) is 8.73. The molecule has 25 heavy (non-hydrogen) atoms. The fraction of sp³-hybridized carbons (Fsp3) is 0.556. The number of carbonyl (C=O) groups excluding carboxylic acids is 2. The van der Waals surface area contributed by atoms with Crippen molar-refractivity contribution in [3.05, 3.63) is 24.3 Å². The lowest BCUT2D eigenvalue weighted by atomic mass is 10.2. The Kier molecular flexibility index (Phi) is 6.01. The van der Waals surface area contributed by atoms with Gasteiger partial charge in [-0.2, -0.15) is 0 Å². The topological polar surface area (TPSA) is 71.1 Å². The summed E-state index contributed by atoms with van der Waals surface area (Å²) < 4.78 is 10.4. The van der Waals surface area contributed by atoms with E-state index in [1.165, 1.54) is 4.90 Å². The van der Waals surface area contributed by atoms with Crippen molar-refractivity contribution in [3.8, 4) is 5.75 Å². The Labute approximate surface area is 147 Å². The monoisotopic (exact) mass is 347 g/mol. The minimum atomic E-state index is -0.431. The zero-order valence-corrected chi connectivity index (χ0v) is 14.6. The third kappa shape index (κ3) is 4.36. The second kappa shape index (κ2) is 8.42. The summed E-state index contributed by atoms with van der Waals surface area (Å²) in [6.45, 7) is 5.21. The van der Waals surface area contributed by atoms with Crippen molar-refractivity contribution in [2.24, 2.45) is 0 Å². The lowest BCUT2D eigenvalue weighted by Crippen LogP contribution is -2.41. The predicted molar refractivity (Wildman–Crippen MR) is 93.8 cm³/mol. The summed E-state index contributed by atoms with van der Waals surface area (Å²) in [7, 11) is 1.58. The summed E-state index contributed by atoms with van der Waals surface area (Å²) in [5.74, 6) is 0.350. The van der Waals surface area contributed by atoms with Gasteiger partial charge in [0, 0.05) is 13.1 Å². The maximum atomic E-state index is 12.6. The number of carbonyl (C=O) groups is 2. The highest BCUT2D eigenvalue weighted by molar-refractivity contribution is 6.22. The predicted octanol–water partition coefficient (Wildman–Crippen LogP) is 0.639. The smallest absolute Gasteiger partial charge is 0.251 e. The Morgan fingerprint density at radius 3 is 2.60 bits per heavy atom. The van der Waals surface area contributed by atoms with Crippen LogP contribution >= 0.6 is 0 Å². The Morgan fingerprint density at radius 2 is 1.92 bits per heavy atom. The van der Waals surface area contributed by atoms with E-state index < -0.39 is 6.04 Å². The van der Waals surface area contributed by atoms with Crippen molar-refractivity contribution >= 4 is 17.5 Å². The Balaban J connectivity index is 1.48. The number of imide groups is 1. The van der Waals surface area contributed by atoms with Gasteiger partial charge in [0.1, 0.15) is 5.75 Å². The summed E-state index contributed by atoms with van der Waals surface area (Å²) in [6, 6.07) is 6.53. The third-order valence-corrected chi connectivity index (χ3v) is 4.62. The number of nitrogens with zero attached hydrogens (tertiary/aromatic N) is 2. The van der Waals surface area contributed by atoms with Crippen LogP contribution in [0, 0.1) is 0 Å². The van der Waals surface area contributed by atoms with Gasteiger partial charge >= 0.3 is 0 Å². The minimum Gasteiger partial charge on any atom is -0.497 e. The van der Waals surface area contributed by atoms with E-state index in [1.807, 2.05) is 0 Å². The number of nitrogens with one attached hydrogen (secondary N) is 1. The number of methoxy groups -OCH3 is 1. The summed E-state index contributed by atoms with van der Waals surface area (Å²) in [5.41, 5.74) is 0.591. The summed E-state index contributed by atoms with van der Waals surface area (Å²) in [5, 5.41) is 3.23. The number of morpholine rings is 1. The Morgan fingerprint density at radius 1 is 1.20 bits per heavy atom. The minimum absolute atomic E-state index is 0.166. The number of ether oxygens (including phenoxy) is 2. The Bertz CT molecular complexity index is 599. The fourth-order valence-electron chi connectivity index (χ4n) is 3.20. The molecule has 1 unspecified atom stereocenters. The molecule has 0 saturated carbocycles. The molecule has 0 aromatic heterocycles. The van der Waals surface area contributed by atoms with E-state index in [9.17, 15) is 9.59 Å². The van der Waals surface area contributed by atoms with Crippen LogP contribution in [0.2, 0.25) is 0 Å². The molecule has 1 N–H and O–H groups in total. The third-order valence-electron chi connectivity index (χ3n) is 4.62.